The van der Waals surface area contributed by atoms with Crippen molar-refractivity contribution in [3.63, 3.8) is 0 Å². The van der Waals surface area contributed by atoms with Crippen LogP contribution in [0.25, 0.3) is 0 Å². The van der Waals surface area contributed by atoms with Gasteiger partial charge in [0.2, 0.25) is 10.0 Å². The number of aryl methyl sites for hydroxylation is 2. The smallest absolute Gasteiger partial charge is 0.245 e. The number of hydrogen-bond acceptors (Lipinski definition) is 4. The van der Waals surface area contributed by atoms with Gasteiger partial charge in [-0.25, -0.2) is 13.1 Å². The Labute approximate surface area is 147 Å². The summed E-state index contributed by atoms with van der Waals surface area (Å²) in [7, 11) is -2.03. The molecule has 134 valence electrons. The zero-order valence-electron chi connectivity index (χ0n) is 14.0. The summed E-state index contributed by atoms with van der Waals surface area (Å²) in [5.74, 6) is 1.16. The maximum atomic E-state index is 12.9. The van der Waals surface area contributed by atoms with Crippen molar-refractivity contribution >= 4 is 21.6 Å². The predicted octanol–water partition coefficient (Wildman–Crippen LogP) is 2.25. The minimum Gasteiger partial charge on any atom is -0.377 e. The highest BCUT2D eigenvalue weighted by atomic mass is 35.5. The van der Waals surface area contributed by atoms with Gasteiger partial charge in [0, 0.05) is 31.5 Å². The molecule has 24 heavy (non-hydrogen) atoms. The lowest BCUT2D eigenvalue weighted by atomic mass is 9.62. The Hall–Kier alpha value is -0.630. The van der Waals surface area contributed by atoms with E-state index in [1.807, 2.05) is 0 Å². The van der Waals surface area contributed by atoms with Gasteiger partial charge in [-0.15, -0.1) is 0 Å². The molecule has 1 aromatic heterocycles. The first-order valence-electron chi connectivity index (χ1n) is 8.73. The number of aromatic nitrogens is 2. The topological polar surface area (TPSA) is 73.2 Å². The van der Waals surface area contributed by atoms with Crippen LogP contribution in [0.4, 0.5) is 0 Å². The zero-order chi connectivity index (χ0) is 17.1. The number of rotatable bonds is 4. The Kier molecular flexibility index (Phi) is 4.18. The van der Waals surface area contributed by atoms with Gasteiger partial charge >= 0.3 is 0 Å². The Morgan fingerprint density at radius 2 is 2.00 bits per heavy atom. The molecular formula is C16H24ClN3O3S. The molecule has 0 amide bonds. The molecular weight excluding hydrogens is 350 g/mol. The van der Waals surface area contributed by atoms with Crippen molar-refractivity contribution in [1.29, 1.82) is 0 Å². The fourth-order valence-electron chi connectivity index (χ4n) is 4.98. The van der Waals surface area contributed by atoms with Crippen LogP contribution >= 0.6 is 11.6 Å². The zero-order valence-corrected chi connectivity index (χ0v) is 15.6. The largest absolute Gasteiger partial charge is 0.377 e. The lowest BCUT2D eigenvalue weighted by molar-refractivity contribution is -0.0746. The fourth-order valence-corrected chi connectivity index (χ4v) is 7.05. The highest BCUT2D eigenvalue weighted by Crippen LogP contribution is 2.51. The SMILES string of the molecule is Cc1nn(C)c(Cl)c1S(=O)(=O)N[C@H]1[C@H]2CCO[C@H]2[C@H]1C1CCCC1. The van der Waals surface area contributed by atoms with Crippen molar-refractivity contribution in [3.8, 4) is 0 Å². The van der Waals surface area contributed by atoms with E-state index < -0.39 is 10.0 Å². The molecule has 3 aliphatic rings. The number of halogens is 1. The Bertz CT molecular complexity index is 737. The second-order valence-electron chi connectivity index (χ2n) is 7.39. The molecule has 1 N–H and O–H groups in total. The molecule has 0 bridgehead atoms. The molecule has 0 aromatic carbocycles. The van der Waals surface area contributed by atoms with E-state index in [0.717, 1.165) is 13.0 Å². The summed E-state index contributed by atoms with van der Waals surface area (Å²) in [5, 5.41) is 4.29. The van der Waals surface area contributed by atoms with Crippen LogP contribution in [0, 0.1) is 24.7 Å². The summed E-state index contributed by atoms with van der Waals surface area (Å²) in [4.78, 5) is 0.110. The number of nitrogens with one attached hydrogen (secondary N) is 1. The van der Waals surface area contributed by atoms with Crippen LogP contribution in [0.2, 0.25) is 5.15 Å². The van der Waals surface area contributed by atoms with Gasteiger partial charge in [-0.05, 0) is 19.3 Å². The van der Waals surface area contributed by atoms with Crippen LogP contribution in [-0.4, -0.2) is 37.0 Å². The Morgan fingerprint density at radius 1 is 1.29 bits per heavy atom. The molecule has 1 aliphatic heterocycles. The first-order chi connectivity index (χ1) is 11.4. The monoisotopic (exact) mass is 373 g/mol. The van der Waals surface area contributed by atoms with E-state index in [1.54, 1.807) is 14.0 Å². The van der Waals surface area contributed by atoms with Crippen molar-refractivity contribution in [2.45, 2.75) is 56.1 Å². The summed E-state index contributed by atoms with van der Waals surface area (Å²) in [6.45, 7) is 2.42. The molecule has 4 rings (SSSR count). The maximum Gasteiger partial charge on any atom is 0.245 e. The van der Waals surface area contributed by atoms with Gasteiger partial charge in [-0.1, -0.05) is 37.3 Å². The van der Waals surface area contributed by atoms with Crippen LogP contribution < -0.4 is 4.72 Å². The van der Waals surface area contributed by atoms with Crippen LogP contribution in [0.3, 0.4) is 0 Å². The third kappa shape index (κ3) is 2.52. The van der Waals surface area contributed by atoms with Gasteiger partial charge in [0.15, 0.2) is 0 Å². The Balaban J connectivity index is 1.60. The van der Waals surface area contributed by atoms with Gasteiger partial charge in [0.05, 0.1) is 11.8 Å². The fraction of sp³-hybridized carbons (Fsp3) is 0.812. The van der Waals surface area contributed by atoms with E-state index >= 15 is 0 Å². The number of sulfonamides is 1. The molecule has 1 saturated heterocycles. The molecule has 1 aromatic rings. The minimum atomic E-state index is -3.68. The summed E-state index contributed by atoms with van der Waals surface area (Å²) in [6.07, 6.45) is 6.01. The minimum absolute atomic E-state index is 0.0405. The van der Waals surface area contributed by atoms with E-state index in [2.05, 4.69) is 9.82 Å². The standard InChI is InChI=1S/C16H24ClN3O3S/c1-9-15(16(17)20(2)18-9)24(21,22)19-13-11-7-8-23-14(11)12(13)10-5-3-4-6-10/h10-14,19H,3-8H2,1-2H3/t11-,12+,13+,14-/m1/s1. The first-order valence-corrected chi connectivity index (χ1v) is 10.6. The molecule has 0 radical (unpaired) electrons. The molecule has 6 nitrogen and oxygen atoms in total. The van der Waals surface area contributed by atoms with Crippen LogP contribution in [0.5, 0.6) is 0 Å². The van der Waals surface area contributed by atoms with Crippen molar-refractivity contribution in [2.75, 3.05) is 6.61 Å². The van der Waals surface area contributed by atoms with Crippen LogP contribution in [-0.2, 0) is 21.8 Å². The molecule has 2 saturated carbocycles. The van der Waals surface area contributed by atoms with Crippen molar-refractivity contribution in [2.24, 2.45) is 24.8 Å². The highest BCUT2D eigenvalue weighted by molar-refractivity contribution is 7.89. The summed E-state index contributed by atoms with van der Waals surface area (Å²) < 4.78 is 36.2. The third-order valence-corrected chi connectivity index (χ3v) is 8.20. The predicted molar refractivity (Wildman–Crippen MR) is 90.4 cm³/mol. The quantitative estimate of drug-likeness (QED) is 0.878. The molecule has 3 fully saturated rings. The van der Waals surface area contributed by atoms with Crippen LogP contribution in [0.15, 0.2) is 4.90 Å². The lowest BCUT2D eigenvalue weighted by Gasteiger charge is -2.50. The van der Waals surface area contributed by atoms with Gasteiger partial charge < -0.3 is 4.74 Å². The maximum absolute atomic E-state index is 12.9. The number of nitrogens with zero attached hydrogens (tertiary/aromatic N) is 2. The normalized spacial score (nSPS) is 33.6. The number of fused-ring (bicyclic) bond motifs is 1. The van der Waals surface area contributed by atoms with Gasteiger partial charge in [0.25, 0.3) is 0 Å². The number of ether oxygens (including phenoxy) is 1. The summed E-state index contributed by atoms with van der Waals surface area (Å²) >= 11 is 6.17. The highest BCUT2D eigenvalue weighted by Gasteiger charge is 2.57. The van der Waals surface area contributed by atoms with E-state index in [0.29, 0.717) is 23.4 Å². The van der Waals surface area contributed by atoms with Gasteiger partial charge in [-0.2, -0.15) is 5.10 Å². The average Bonchev–Trinajstić information content (AvgIpc) is 3.20. The second kappa shape index (κ2) is 5.97. The molecule has 0 unspecified atom stereocenters. The van der Waals surface area contributed by atoms with E-state index in [4.69, 9.17) is 16.3 Å². The average molecular weight is 374 g/mol. The summed E-state index contributed by atoms with van der Waals surface area (Å²) in [6, 6.07) is -0.0405. The lowest BCUT2D eigenvalue weighted by Crippen LogP contribution is -2.63. The molecule has 2 heterocycles. The van der Waals surface area contributed by atoms with E-state index in [-0.39, 0.29) is 22.2 Å². The third-order valence-electron chi connectivity index (χ3n) is 6.04. The summed E-state index contributed by atoms with van der Waals surface area (Å²) in [5.41, 5.74) is 0.436. The van der Waals surface area contributed by atoms with Gasteiger partial charge in [-0.3, -0.25) is 4.68 Å². The van der Waals surface area contributed by atoms with Crippen molar-refractivity contribution in [1.82, 2.24) is 14.5 Å². The Morgan fingerprint density at radius 3 is 2.62 bits per heavy atom. The van der Waals surface area contributed by atoms with E-state index in [9.17, 15) is 8.42 Å². The van der Waals surface area contributed by atoms with Gasteiger partial charge in [0.1, 0.15) is 10.0 Å². The van der Waals surface area contributed by atoms with Crippen LogP contribution in [0.1, 0.15) is 37.8 Å². The van der Waals surface area contributed by atoms with Crippen molar-refractivity contribution < 1.29 is 13.2 Å². The molecule has 0 spiro atoms. The number of hydrogen-bond donors (Lipinski definition) is 1. The second-order valence-corrected chi connectivity index (χ2v) is 9.39. The first kappa shape index (κ1) is 16.8. The molecule has 2 aliphatic carbocycles. The van der Waals surface area contributed by atoms with E-state index in [1.165, 1.54) is 30.4 Å². The molecule has 8 heteroatoms. The van der Waals surface area contributed by atoms with Crippen molar-refractivity contribution in [3.05, 3.63) is 10.8 Å². The molecule has 4 atom stereocenters.